The molecule has 1 nitrogen and oxygen atoms in total. The Morgan fingerprint density at radius 2 is 1.61 bits per heavy atom. The molecule has 0 N–H and O–H groups in total. The zero-order chi connectivity index (χ0) is 23.2. The molecule has 33 heavy (non-hydrogen) atoms. The van der Waals surface area contributed by atoms with Gasteiger partial charge in [-0.25, -0.2) is 8.78 Å². The molecule has 1 fully saturated rings. The maximum atomic E-state index is 14.7. The molecule has 0 atom stereocenters. The van der Waals surface area contributed by atoms with E-state index in [2.05, 4.69) is 31.2 Å². The number of methoxy groups -OCH3 is 1. The van der Waals surface area contributed by atoms with E-state index in [0.29, 0.717) is 35.5 Å². The molecule has 3 heteroatoms. The van der Waals surface area contributed by atoms with Gasteiger partial charge in [-0.3, -0.25) is 0 Å². The molecule has 0 amide bonds. The van der Waals surface area contributed by atoms with Crippen LogP contribution in [0.2, 0.25) is 0 Å². The van der Waals surface area contributed by atoms with Crippen LogP contribution in [0.3, 0.4) is 0 Å². The predicted molar refractivity (Wildman–Crippen MR) is 133 cm³/mol. The van der Waals surface area contributed by atoms with Gasteiger partial charge in [0.25, 0.3) is 0 Å². The van der Waals surface area contributed by atoms with Crippen molar-refractivity contribution >= 4 is 10.8 Å². The van der Waals surface area contributed by atoms with Crippen LogP contribution in [0.25, 0.3) is 10.8 Å². The van der Waals surface area contributed by atoms with E-state index in [-0.39, 0.29) is 5.39 Å². The van der Waals surface area contributed by atoms with Crippen molar-refractivity contribution in [1.82, 2.24) is 0 Å². The molecule has 1 aliphatic carbocycles. The van der Waals surface area contributed by atoms with Gasteiger partial charge in [0.1, 0.15) is 5.75 Å². The van der Waals surface area contributed by atoms with E-state index in [4.69, 9.17) is 4.74 Å². The van der Waals surface area contributed by atoms with Crippen LogP contribution in [0.15, 0.2) is 48.5 Å². The number of unbranched alkanes of at least 4 members (excludes halogenated alkanes) is 2. The lowest BCUT2D eigenvalue weighted by Crippen LogP contribution is -2.13. The predicted octanol–water partition coefficient (Wildman–Crippen LogP) is 8.77. The summed E-state index contributed by atoms with van der Waals surface area (Å²) in [7, 11) is 1.52. The van der Waals surface area contributed by atoms with Gasteiger partial charge in [0.2, 0.25) is 0 Å². The lowest BCUT2D eigenvalue weighted by molar-refractivity contribution is 0.303. The van der Waals surface area contributed by atoms with Gasteiger partial charge in [-0.05, 0) is 90.6 Å². The third kappa shape index (κ3) is 5.75. The van der Waals surface area contributed by atoms with Gasteiger partial charge in [0.15, 0.2) is 11.6 Å². The molecule has 4 rings (SSSR count). The molecular weight excluding hydrogens is 414 g/mol. The van der Waals surface area contributed by atoms with E-state index in [1.807, 2.05) is 0 Å². The summed E-state index contributed by atoms with van der Waals surface area (Å²) in [6.45, 7) is 2.27. The van der Waals surface area contributed by atoms with Crippen LogP contribution in [-0.4, -0.2) is 7.11 Å². The van der Waals surface area contributed by atoms with Gasteiger partial charge in [-0.2, -0.15) is 0 Å². The number of ether oxygens (including phenoxy) is 1. The molecule has 0 saturated heterocycles. The van der Waals surface area contributed by atoms with Gasteiger partial charge >= 0.3 is 0 Å². The van der Waals surface area contributed by atoms with Crippen molar-refractivity contribution in [3.8, 4) is 5.75 Å². The van der Waals surface area contributed by atoms with Gasteiger partial charge in [0, 0.05) is 5.39 Å². The fourth-order valence-electron chi connectivity index (χ4n) is 5.37. The second kappa shape index (κ2) is 11.1. The highest BCUT2D eigenvalue weighted by Gasteiger charge is 2.22. The second-order valence-corrected chi connectivity index (χ2v) is 9.71. The van der Waals surface area contributed by atoms with E-state index >= 15 is 0 Å². The van der Waals surface area contributed by atoms with E-state index in [1.54, 1.807) is 24.3 Å². The minimum atomic E-state index is -0.790. The van der Waals surface area contributed by atoms with Gasteiger partial charge in [-0.1, -0.05) is 62.9 Å². The Labute approximate surface area is 197 Å². The molecule has 0 radical (unpaired) electrons. The van der Waals surface area contributed by atoms with Crippen molar-refractivity contribution in [2.75, 3.05) is 7.11 Å². The highest BCUT2D eigenvalue weighted by atomic mass is 19.2. The van der Waals surface area contributed by atoms with E-state index in [9.17, 15) is 8.78 Å². The number of hydrogen-bond donors (Lipinski definition) is 0. The number of rotatable bonds is 9. The van der Waals surface area contributed by atoms with Crippen LogP contribution in [0, 0.1) is 17.6 Å². The van der Waals surface area contributed by atoms with Gasteiger partial charge in [-0.15, -0.1) is 0 Å². The molecule has 3 aromatic rings. The normalized spacial score (nSPS) is 18.5. The zero-order valence-electron chi connectivity index (χ0n) is 20.0. The van der Waals surface area contributed by atoms with Crippen LogP contribution >= 0.6 is 0 Å². The number of aryl methyl sites for hydroxylation is 2. The number of benzene rings is 3. The molecule has 0 bridgehead atoms. The highest BCUT2D eigenvalue weighted by molar-refractivity contribution is 5.85. The van der Waals surface area contributed by atoms with Crippen molar-refractivity contribution in [3.05, 3.63) is 76.9 Å². The third-order valence-corrected chi connectivity index (χ3v) is 7.50. The Bertz CT molecular complexity index is 1050. The van der Waals surface area contributed by atoms with E-state index in [0.717, 1.165) is 5.92 Å². The first-order valence-electron chi connectivity index (χ1n) is 12.6. The first kappa shape index (κ1) is 23.7. The molecular formula is C30H36F2O. The summed E-state index contributed by atoms with van der Waals surface area (Å²) in [6, 6.07) is 15.7. The first-order chi connectivity index (χ1) is 16.1. The van der Waals surface area contributed by atoms with Crippen LogP contribution in [0.4, 0.5) is 8.78 Å². The van der Waals surface area contributed by atoms with Crippen molar-refractivity contribution in [1.29, 1.82) is 0 Å². The molecule has 176 valence electrons. The molecule has 1 aliphatic rings. The fraction of sp³-hybridized carbons (Fsp3) is 0.467. The summed E-state index contributed by atoms with van der Waals surface area (Å²) < 4.78 is 34.5. The van der Waals surface area contributed by atoms with Gasteiger partial charge < -0.3 is 4.74 Å². The van der Waals surface area contributed by atoms with Crippen molar-refractivity contribution in [2.24, 2.45) is 5.92 Å². The lowest BCUT2D eigenvalue weighted by Gasteiger charge is -2.29. The van der Waals surface area contributed by atoms with Crippen molar-refractivity contribution in [2.45, 2.75) is 77.0 Å². The standard InChI is InChI=1S/C30H36F2O/c1-3-4-5-6-21-7-12-23(13-8-21)24-14-9-22(10-15-24)11-16-26-19-25-17-18-27(33-2)20-28(25)30(32)29(26)31/h9-10,14-15,17-21,23H,3-8,11-13,16H2,1-2H3. The SMILES string of the molecule is CCCCCC1CCC(c2ccc(CCc3cc4ccc(OC)cc4c(F)c3F)cc2)CC1. The zero-order valence-corrected chi connectivity index (χ0v) is 20.0. The topological polar surface area (TPSA) is 9.23 Å². The number of halogens is 2. The third-order valence-electron chi connectivity index (χ3n) is 7.50. The first-order valence-corrected chi connectivity index (χ1v) is 12.6. The van der Waals surface area contributed by atoms with Gasteiger partial charge in [0.05, 0.1) is 7.11 Å². The summed E-state index contributed by atoms with van der Waals surface area (Å²) in [6.07, 6.45) is 11.9. The Hall–Kier alpha value is -2.42. The largest absolute Gasteiger partial charge is 0.497 e. The van der Waals surface area contributed by atoms with Crippen LogP contribution in [0.5, 0.6) is 5.75 Å². The second-order valence-electron chi connectivity index (χ2n) is 9.71. The van der Waals surface area contributed by atoms with Crippen molar-refractivity contribution < 1.29 is 13.5 Å². The summed E-state index contributed by atoms with van der Waals surface area (Å²) in [5.41, 5.74) is 3.03. The Kier molecular flexibility index (Phi) is 8.01. The molecule has 0 aromatic heterocycles. The van der Waals surface area contributed by atoms with E-state index < -0.39 is 11.6 Å². The summed E-state index contributed by atoms with van der Waals surface area (Å²) in [5.74, 6) is 0.583. The summed E-state index contributed by atoms with van der Waals surface area (Å²) in [4.78, 5) is 0. The molecule has 0 spiro atoms. The summed E-state index contributed by atoms with van der Waals surface area (Å²) in [5, 5.41) is 0.963. The fourth-order valence-corrected chi connectivity index (χ4v) is 5.37. The number of fused-ring (bicyclic) bond motifs is 1. The quantitative estimate of drug-likeness (QED) is 0.296. The van der Waals surface area contributed by atoms with Crippen LogP contribution in [0.1, 0.15) is 80.9 Å². The average molecular weight is 451 g/mol. The highest BCUT2D eigenvalue weighted by Crippen LogP contribution is 2.38. The van der Waals surface area contributed by atoms with Crippen LogP contribution < -0.4 is 4.74 Å². The lowest BCUT2D eigenvalue weighted by atomic mass is 9.77. The molecule has 0 heterocycles. The Morgan fingerprint density at radius 1 is 0.848 bits per heavy atom. The molecule has 0 aliphatic heterocycles. The molecule has 0 unspecified atom stereocenters. The van der Waals surface area contributed by atoms with E-state index in [1.165, 1.54) is 69.6 Å². The minimum Gasteiger partial charge on any atom is -0.497 e. The monoisotopic (exact) mass is 450 g/mol. The van der Waals surface area contributed by atoms with Crippen LogP contribution in [-0.2, 0) is 12.8 Å². The molecule has 3 aromatic carbocycles. The Morgan fingerprint density at radius 3 is 2.30 bits per heavy atom. The number of hydrogen-bond acceptors (Lipinski definition) is 1. The average Bonchev–Trinajstić information content (AvgIpc) is 2.86. The van der Waals surface area contributed by atoms with Crippen molar-refractivity contribution in [3.63, 3.8) is 0 Å². The maximum absolute atomic E-state index is 14.7. The Balaban J connectivity index is 1.35. The smallest absolute Gasteiger partial charge is 0.167 e. The minimum absolute atomic E-state index is 0.264. The maximum Gasteiger partial charge on any atom is 0.167 e. The molecule has 1 saturated carbocycles. The summed E-state index contributed by atoms with van der Waals surface area (Å²) >= 11 is 0.